The molecule has 0 bridgehead atoms. The number of hydrogen-bond donors (Lipinski definition) is 1. The smallest absolute Gasteiger partial charge is 0.324 e. The van der Waals surface area contributed by atoms with Crippen LogP contribution in [0, 0.1) is 0 Å². The molecule has 16 heavy (non-hydrogen) atoms. The van der Waals surface area contributed by atoms with Crippen molar-refractivity contribution in [3.8, 4) is 0 Å². The fourth-order valence-electron chi connectivity index (χ4n) is 1.15. The third-order valence-corrected chi connectivity index (χ3v) is 3.29. The second-order valence-corrected chi connectivity index (χ2v) is 4.72. The van der Waals surface area contributed by atoms with E-state index in [-0.39, 0.29) is 6.42 Å². The number of halogens is 4. The first-order valence-corrected chi connectivity index (χ1v) is 5.63. The Labute approximate surface area is 113 Å². The molecule has 1 aromatic carbocycles. The first kappa shape index (κ1) is 13.9. The molecule has 0 saturated heterocycles. The lowest BCUT2D eigenvalue weighted by Gasteiger charge is -2.15. The molecule has 0 fully saturated rings. The standard InChI is InChI=1S/C9H7Cl4NO2/c10-6-3-1-2-5(8(6)11)4-7(9(15)16)14(12)13/h1-3,7H,4H2,(H,15,16). The van der Waals surface area contributed by atoms with E-state index in [1.807, 2.05) is 0 Å². The lowest BCUT2D eigenvalue weighted by Crippen LogP contribution is -2.31. The van der Waals surface area contributed by atoms with E-state index in [4.69, 9.17) is 51.9 Å². The first-order chi connectivity index (χ1) is 7.43. The van der Waals surface area contributed by atoms with Crippen LogP contribution in [0.1, 0.15) is 5.56 Å². The summed E-state index contributed by atoms with van der Waals surface area (Å²) in [5.41, 5.74) is 0.577. The maximum atomic E-state index is 10.9. The van der Waals surface area contributed by atoms with Gasteiger partial charge in [-0.1, -0.05) is 35.3 Å². The minimum Gasteiger partial charge on any atom is -0.480 e. The van der Waals surface area contributed by atoms with E-state index in [1.54, 1.807) is 18.2 Å². The average Bonchev–Trinajstić information content (AvgIpc) is 2.19. The van der Waals surface area contributed by atoms with Gasteiger partial charge in [0.05, 0.1) is 10.0 Å². The molecule has 0 spiro atoms. The monoisotopic (exact) mass is 301 g/mol. The minimum absolute atomic E-state index is 0.0712. The molecular formula is C9H7Cl4NO2. The number of aliphatic carboxylic acids is 1. The van der Waals surface area contributed by atoms with E-state index in [2.05, 4.69) is 0 Å². The normalized spacial score (nSPS) is 12.8. The highest BCUT2D eigenvalue weighted by Crippen LogP contribution is 2.27. The second-order valence-electron chi connectivity index (χ2n) is 3.03. The van der Waals surface area contributed by atoms with Crippen LogP contribution in [-0.2, 0) is 11.2 Å². The topological polar surface area (TPSA) is 40.5 Å². The second kappa shape index (κ2) is 5.94. The molecule has 7 heteroatoms. The molecule has 0 radical (unpaired) electrons. The van der Waals surface area contributed by atoms with Crippen LogP contribution in [-0.4, -0.2) is 21.1 Å². The molecule has 88 valence electrons. The van der Waals surface area contributed by atoms with Crippen molar-refractivity contribution in [2.45, 2.75) is 12.5 Å². The van der Waals surface area contributed by atoms with Gasteiger partial charge in [0, 0.05) is 6.42 Å². The first-order valence-electron chi connectivity index (χ1n) is 4.20. The molecule has 1 unspecified atom stereocenters. The fraction of sp³-hybridized carbons (Fsp3) is 0.222. The number of benzene rings is 1. The zero-order chi connectivity index (χ0) is 12.3. The number of carboxylic acids is 1. The molecule has 0 aliphatic heterocycles. The van der Waals surface area contributed by atoms with Crippen molar-refractivity contribution in [1.82, 2.24) is 3.94 Å². The number of nitrogens with zero attached hydrogens (tertiary/aromatic N) is 1. The molecule has 0 aliphatic carbocycles. The Morgan fingerprint density at radius 1 is 1.38 bits per heavy atom. The van der Waals surface area contributed by atoms with Gasteiger partial charge in [-0.25, -0.2) is 0 Å². The van der Waals surface area contributed by atoms with Gasteiger partial charge < -0.3 is 5.11 Å². The van der Waals surface area contributed by atoms with Crippen LogP contribution < -0.4 is 0 Å². The van der Waals surface area contributed by atoms with E-state index in [1.165, 1.54) is 0 Å². The average molecular weight is 303 g/mol. The van der Waals surface area contributed by atoms with Crippen molar-refractivity contribution >= 4 is 52.7 Å². The summed E-state index contributed by atoms with van der Waals surface area (Å²) in [5.74, 6) is -1.14. The summed E-state index contributed by atoms with van der Waals surface area (Å²) in [4.78, 5) is 10.9. The summed E-state index contributed by atoms with van der Waals surface area (Å²) in [6, 6.07) is 3.89. The number of carbonyl (C=O) groups is 1. The van der Waals surface area contributed by atoms with Gasteiger partial charge in [-0.05, 0) is 35.2 Å². The lowest BCUT2D eigenvalue weighted by atomic mass is 10.1. The number of hydrogen-bond acceptors (Lipinski definition) is 2. The highest BCUT2D eigenvalue weighted by Gasteiger charge is 2.24. The fourth-order valence-corrected chi connectivity index (χ4v) is 1.86. The third kappa shape index (κ3) is 3.40. The maximum absolute atomic E-state index is 10.9. The largest absolute Gasteiger partial charge is 0.480 e. The molecule has 0 amide bonds. The van der Waals surface area contributed by atoms with Gasteiger partial charge in [0.2, 0.25) is 0 Å². The predicted octanol–water partition coefficient (Wildman–Crippen LogP) is 3.60. The molecular weight excluding hydrogens is 296 g/mol. The van der Waals surface area contributed by atoms with Gasteiger partial charge in [-0.3, -0.25) is 4.79 Å². The van der Waals surface area contributed by atoms with E-state index < -0.39 is 12.0 Å². The van der Waals surface area contributed by atoms with Crippen LogP contribution >= 0.6 is 46.8 Å². The zero-order valence-electron chi connectivity index (χ0n) is 7.83. The van der Waals surface area contributed by atoms with Crippen molar-refractivity contribution in [2.75, 3.05) is 0 Å². The quantitative estimate of drug-likeness (QED) is 0.864. The van der Waals surface area contributed by atoms with Crippen LogP contribution in [0.25, 0.3) is 0 Å². The van der Waals surface area contributed by atoms with Gasteiger partial charge in [0.25, 0.3) is 0 Å². The molecule has 0 heterocycles. The molecule has 1 atom stereocenters. The highest BCUT2D eigenvalue weighted by molar-refractivity contribution is 6.42. The van der Waals surface area contributed by atoms with Gasteiger partial charge in [-0.2, -0.15) is 0 Å². The Hall–Kier alpha value is -0.190. The van der Waals surface area contributed by atoms with Gasteiger partial charge in [0.15, 0.2) is 0 Å². The summed E-state index contributed by atoms with van der Waals surface area (Å²) in [5, 5.41) is 9.55. The van der Waals surface area contributed by atoms with E-state index in [0.29, 0.717) is 19.5 Å². The van der Waals surface area contributed by atoms with Crippen molar-refractivity contribution < 1.29 is 9.90 Å². The molecule has 1 aromatic rings. The maximum Gasteiger partial charge on any atom is 0.324 e. The van der Waals surface area contributed by atoms with Crippen LogP contribution in [0.5, 0.6) is 0 Å². The van der Waals surface area contributed by atoms with Crippen molar-refractivity contribution in [1.29, 1.82) is 0 Å². The molecule has 1 N–H and O–H groups in total. The third-order valence-electron chi connectivity index (χ3n) is 1.97. The van der Waals surface area contributed by atoms with E-state index in [0.717, 1.165) is 0 Å². The molecule has 0 aliphatic rings. The Morgan fingerprint density at radius 2 is 2.00 bits per heavy atom. The van der Waals surface area contributed by atoms with Crippen molar-refractivity contribution in [3.63, 3.8) is 0 Å². The number of carboxylic acid groups (broad SMARTS) is 1. The Morgan fingerprint density at radius 3 is 2.50 bits per heavy atom. The SMILES string of the molecule is O=C(O)C(Cc1cccc(Cl)c1Cl)N(Cl)Cl. The Bertz CT molecular complexity index is 397. The van der Waals surface area contributed by atoms with Crippen molar-refractivity contribution in [2.24, 2.45) is 0 Å². The molecule has 1 rings (SSSR count). The zero-order valence-corrected chi connectivity index (χ0v) is 10.9. The summed E-state index contributed by atoms with van der Waals surface area (Å²) in [6.07, 6.45) is 0.0712. The minimum atomic E-state index is -1.14. The predicted molar refractivity (Wildman–Crippen MR) is 65.1 cm³/mol. The Balaban J connectivity index is 2.94. The summed E-state index contributed by atoms with van der Waals surface area (Å²) >= 11 is 22.6. The molecule has 0 saturated carbocycles. The molecule has 0 aromatic heterocycles. The van der Waals surface area contributed by atoms with Crippen LogP contribution in [0.2, 0.25) is 10.0 Å². The number of rotatable bonds is 4. The van der Waals surface area contributed by atoms with Gasteiger partial charge >= 0.3 is 5.97 Å². The lowest BCUT2D eigenvalue weighted by molar-refractivity contribution is -0.140. The van der Waals surface area contributed by atoms with Crippen molar-refractivity contribution in [3.05, 3.63) is 33.8 Å². The van der Waals surface area contributed by atoms with Gasteiger partial charge in [-0.15, -0.1) is 3.94 Å². The van der Waals surface area contributed by atoms with Crippen LogP contribution in [0.4, 0.5) is 0 Å². The highest BCUT2D eigenvalue weighted by atomic mass is 35.5. The summed E-state index contributed by atoms with van der Waals surface area (Å²) < 4.78 is 0.583. The Kier molecular flexibility index (Phi) is 5.15. The summed E-state index contributed by atoms with van der Waals surface area (Å²) in [6.45, 7) is 0. The summed E-state index contributed by atoms with van der Waals surface area (Å²) in [7, 11) is 0. The van der Waals surface area contributed by atoms with Gasteiger partial charge in [0.1, 0.15) is 6.04 Å². The van der Waals surface area contributed by atoms with Crippen LogP contribution in [0.3, 0.4) is 0 Å². The molecule has 3 nitrogen and oxygen atoms in total. The van der Waals surface area contributed by atoms with E-state index in [9.17, 15) is 4.79 Å². The van der Waals surface area contributed by atoms with Crippen LogP contribution in [0.15, 0.2) is 18.2 Å². The van der Waals surface area contributed by atoms with E-state index >= 15 is 0 Å².